The second-order valence-corrected chi connectivity index (χ2v) is 7.20. The van der Waals surface area contributed by atoms with Gasteiger partial charge in [0.2, 0.25) is 0 Å². The largest absolute Gasteiger partial charge is 0.493 e. The molecule has 0 fully saturated rings. The molecule has 1 aromatic carbocycles. The fourth-order valence-corrected chi connectivity index (χ4v) is 4.09. The fraction of sp³-hybridized carbons (Fsp3) is 0.263. The summed E-state index contributed by atoms with van der Waals surface area (Å²) in [7, 11) is 3.21. The van der Waals surface area contributed by atoms with Gasteiger partial charge in [-0.3, -0.25) is 4.79 Å². The van der Waals surface area contributed by atoms with E-state index in [1.165, 1.54) is 11.3 Å². The van der Waals surface area contributed by atoms with Gasteiger partial charge in [-0.15, -0.1) is 11.3 Å². The molecule has 0 bridgehead atoms. The maximum Gasteiger partial charge on any atom is 0.273 e. The van der Waals surface area contributed by atoms with E-state index < -0.39 is 0 Å². The van der Waals surface area contributed by atoms with Crippen LogP contribution in [-0.4, -0.2) is 36.6 Å². The Kier molecular flexibility index (Phi) is 5.90. The number of nitrogens with zero attached hydrogens (tertiary/aromatic N) is 2. The summed E-state index contributed by atoms with van der Waals surface area (Å²) in [5.41, 5.74) is 2.52. The molecule has 0 N–H and O–H groups in total. The van der Waals surface area contributed by atoms with Crippen molar-refractivity contribution in [1.82, 2.24) is 9.88 Å². The van der Waals surface area contributed by atoms with Crippen molar-refractivity contribution in [2.75, 3.05) is 20.8 Å². The second-order valence-electron chi connectivity index (χ2n) is 5.56. The molecule has 3 aromatic rings. The van der Waals surface area contributed by atoms with E-state index in [-0.39, 0.29) is 5.91 Å². The molecule has 2 aromatic heterocycles. The number of aromatic nitrogens is 1. The van der Waals surface area contributed by atoms with Gasteiger partial charge >= 0.3 is 0 Å². The van der Waals surface area contributed by atoms with Crippen molar-refractivity contribution in [2.45, 2.75) is 13.5 Å². The topological polar surface area (TPSA) is 51.7 Å². The van der Waals surface area contributed by atoms with E-state index in [4.69, 9.17) is 9.47 Å². The molecule has 26 heavy (non-hydrogen) atoms. The molecule has 3 rings (SSSR count). The number of methoxy groups -OCH3 is 2. The summed E-state index contributed by atoms with van der Waals surface area (Å²) in [6.07, 6.45) is 0. The molecule has 5 nitrogen and oxygen atoms in total. The molecule has 2 heterocycles. The van der Waals surface area contributed by atoms with Crippen molar-refractivity contribution >= 4 is 28.6 Å². The Morgan fingerprint density at radius 1 is 1.15 bits per heavy atom. The SMILES string of the molecule is CCN(Cc1ccc(OC)c(OC)c1)C(=O)c1csc(-c2ccsc2)n1. The summed E-state index contributed by atoms with van der Waals surface area (Å²) in [6, 6.07) is 7.70. The molecular weight excluding hydrogens is 368 g/mol. The maximum absolute atomic E-state index is 12.9. The van der Waals surface area contributed by atoms with Crippen LogP contribution in [0.3, 0.4) is 0 Å². The minimum Gasteiger partial charge on any atom is -0.493 e. The van der Waals surface area contributed by atoms with Gasteiger partial charge in [0, 0.05) is 29.4 Å². The van der Waals surface area contributed by atoms with Crippen LogP contribution in [0.25, 0.3) is 10.6 Å². The van der Waals surface area contributed by atoms with Crippen molar-refractivity contribution in [3.05, 3.63) is 51.7 Å². The monoisotopic (exact) mass is 388 g/mol. The predicted octanol–water partition coefficient (Wildman–Crippen LogP) is 4.55. The Hall–Kier alpha value is -2.38. The first-order chi connectivity index (χ1) is 12.7. The Balaban J connectivity index is 1.77. The van der Waals surface area contributed by atoms with Crippen molar-refractivity contribution in [2.24, 2.45) is 0 Å². The van der Waals surface area contributed by atoms with E-state index in [0.717, 1.165) is 16.1 Å². The number of amides is 1. The number of thiazole rings is 1. The molecule has 0 saturated carbocycles. The first-order valence-electron chi connectivity index (χ1n) is 8.14. The summed E-state index contributed by atoms with van der Waals surface area (Å²) in [5.74, 6) is 1.26. The van der Waals surface area contributed by atoms with Gasteiger partial charge in [-0.25, -0.2) is 4.98 Å². The maximum atomic E-state index is 12.9. The van der Waals surface area contributed by atoms with E-state index in [1.807, 2.05) is 47.3 Å². The number of hydrogen-bond donors (Lipinski definition) is 0. The first kappa shape index (κ1) is 18.4. The molecule has 0 aliphatic rings. The third kappa shape index (κ3) is 3.89. The predicted molar refractivity (Wildman–Crippen MR) is 105 cm³/mol. The van der Waals surface area contributed by atoms with Gasteiger partial charge in [-0.2, -0.15) is 11.3 Å². The van der Waals surface area contributed by atoms with Crippen LogP contribution in [0, 0.1) is 0 Å². The van der Waals surface area contributed by atoms with Gasteiger partial charge in [0.1, 0.15) is 10.7 Å². The molecule has 0 unspecified atom stereocenters. The zero-order chi connectivity index (χ0) is 18.5. The van der Waals surface area contributed by atoms with E-state index in [0.29, 0.717) is 30.3 Å². The minimum absolute atomic E-state index is 0.0694. The smallest absolute Gasteiger partial charge is 0.273 e. The quantitative estimate of drug-likeness (QED) is 0.596. The normalized spacial score (nSPS) is 10.6. The average molecular weight is 389 g/mol. The van der Waals surface area contributed by atoms with Gasteiger partial charge < -0.3 is 14.4 Å². The zero-order valence-electron chi connectivity index (χ0n) is 14.9. The highest BCUT2D eigenvalue weighted by Crippen LogP contribution is 2.29. The number of benzene rings is 1. The van der Waals surface area contributed by atoms with Crippen LogP contribution in [0.5, 0.6) is 11.5 Å². The van der Waals surface area contributed by atoms with Crippen LogP contribution in [0.1, 0.15) is 23.0 Å². The van der Waals surface area contributed by atoms with E-state index >= 15 is 0 Å². The van der Waals surface area contributed by atoms with E-state index in [1.54, 1.807) is 30.5 Å². The van der Waals surface area contributed by atoms with Gasteiger partial charge in [0.05, 0.1) is 14.2 Å². The lowest BCUT2D eigenvalue weighted by atomic mass is 10.2. The average Bonchev–Trinajstić information content (AvgIpc) is 3.36. The molecule has 0 saturated heterocycles. The number of carbonyl (C=O) groups is 1. The number of ether oxygens (including phenoxy) is 2. The molecule has 1 amide bonds. The van der Waals surface area contributed by atoms with Gasteiger partial charge in [0.25, 0.3) is 5.91 Å². The third-order valence-corrected chi connectivity index (χ3v) is 5.56. The highest BCUT2D eigenvalue weighted by Gasteiger charge is 2.19. The van der Waals surface area contributed by atoms with Crippen molar-refractivity contribution in [3.63, 3.8) is 0 Å². The Bertz CT molecular complexity index is 875. The molecule has 7 heteroatoms. The summed E-state index contributed by atoms with van der Waals surface area (Å²) in [4.78, 5) is 19.1. The molecule has 0 aliphatic carbocycles. The first-order valence-corrected chi connectivity index (χ1v) is 9.96. The Labute approximate surface area is 160 Å². The van der Waals surface area contributed by atoms with Gasteiger partial charge in [-0.1, -0.05) is 6.07 Å². The van der Waals surface area contributed by atoms with Gasteiger partial charge in [0.15, 0.2) is 11.5 Å². The Morgan fingerprint density at radius 2 is 1.96 bits per heavy atom. The lowest BCUT2D eigenvalue weighted by Gasteiger charge is -2.20. The van der Waals surface area contributed by atoms with Crippen LogP contribution >= 0.6 is 22.7 Å². The fourth-order valence-electron chi connectivity index (χ4n) is 2.58. The lowest BCUT2D eigenvalue weighted by Crippen LogP contribution is -2.30. The number of hydrogen-bond acceptors (Lipinski definition) is 6. The highest BCUT2D eigenvalue weighted by molar-refractivity contribution is 7.14. The summed E-state index contributed by atoms with van der Waals surface area (Å²) >= 11 is 3.11. The van der Waals surface area contributed by atoms with Crippen LogP contribution in [0.15, 0.2) is 40.4 Å². The highest BCUT2D eigenvalue weighted by atomic mass is 32.1. The molecular formula is C19H20N2O3S2. The summed E-state index contributed by atoms with van der Waals surface area (Å²) in [5, 5.41) is 6.74. The molecule has 0 atom stereocenters. The van der Waals surface area contributed by atoms with Crippen molar-refractivity contribution in [1.29, 1.82) is 0 Å². The van der Waals surface area contributed by atoms with Crippen molar-refractivity contribution < 1.29 is 14.3 Å². The number of thiophene rings is 1. The molecule has 0 aliphatic heterocycles. The minimum atomic E-state index is -0.0694. The standard InChI is InChI=1S/C19H20N2O3S2/c1-4-21(10-13-5-6-16(23-2)17(9-13)24-3)19(22)15-12-26-18(20-15)14-7-8-25-11-14/h5-9,11-12H,4,10H2,1-3H3. The van der Waals surface area contributed by atoms with Crippen LogP contribution < -0.4 is 9.47 Å². The van der Waals surface area contributed by atoms with E-state index in [2.05, 4.69) is 4.98 Å². The Morgan fingerprint density at radius 3 is 2.62 bits per heavy atom. The molecule has 136 valence electrons. The second kappa shape index (κ2) is 8.33. The molecule has 0 radical (unpaired) electrons. The lowest BCUT2D eigenvalue weighted by molar-refractivity contribution is 0.0747. The van der Waals surface area contributed by atoms with Crippen LogP contribution in [-0.2, 0) is 6.54 Å². The number of carbonyl (C=O) groups excluding carboxylic acids is 1. The number of rotatable bonds is 7. The van der Waals surface area contributed by atoms with Gasteiger partial charge in [-0.05, 0) is 36.1 Å². The van der Waals surface area contributed by atoms with Crippen LogP contribution in [0.4, 0.5) is 0 Å². The molecule has 0 spiro atoms. The summed E-state index contributed by atoms with van der Waals surface area (Å²) < 4.78 is 10.6. The zero-order valence-corrected chi connectivity index (χ0v) is 16.5. The summed E-state index contributed by atoms with van der Waals surface area (Å²) in [6.45, 7) is 3.05. The third-order valence-electron chi connectivity index (χ3n) is 3.98. The van der Waals surface area contributed by atoms with Crippen LogP contribution in [0.2, 0.25) is 0 Å². The van der Waals surface area contributed by atoms with Crippen molar-refractivity contribution in [3.8, 4) is 22.1 Å². The van der Waals surface area contributed by atoms with E-state index in [9.17, 15) is 4.79 Å².